The number of ether oxygens (including phenoxy) is 1. The molecule has 2 unspecified atom stereocenters. The second-order valence-electron chi connectivity index (χ2n) is 5.96. The summed E-state index contributed by atoms with van der Waals surface area (Å²) in [5.74, 6) is 2.59. The molecule has 1 aromatic carbocycles. The lowest BCUT2D eigenvalue weighted by molar-refractivity contribution is 0.238. The van der Waals surface area contributed by atoms with Crippen LogP contribution in [0.5, 0.6) is 5.75 Å². The summed E-state index contributed by atoms with van der Waals surface area (Å²) >= 11 is 3.54. The molecule has 3 heteroatoms. The van der Waals surface area contributed by atoms with Crippen molar-refractivity contribution in [3.63, 3.8) is 0 Å². The Morgan fingerprint density at radius 2 is 1.89 bits per heavy atom. The largest absolute Gasteiger partial charge is 0.496 e. The summed E-state index contributed by atoms with van der Waals surface area (Å²) in [7, 11) is 1.70. The summed E-state index contributed by atoms with van der Waals surface area (Å²) < 4.78 is 6.28. The summed E-state index contributed by atoms with van der Waals surface area (Å²) in [4.78, 5) is 0. The van der Waals surface area contributed by atoms with E-state index in [1.54, 1.807) is 7.11 Å². The van der Waals surface area contributed by atoms with E-state index in [2.05, 4.69) is 47.2 Å². The zero-order valence-corrected chi connectivity index (χ0v) is 13.7. The minimum atomic E-state index is 0.666. The Morgan fingerprint density at radius 3 is 2.47 bits per heavy atom. The molecule has 0 radical (unpaired) electrons. The Hall–Kier alpha value is -0.540. The van der Waals surface area contributed by atoms with Gasteiger partial charge in [-0.2, -0.15) is 0 Å². The van der Waals surface area contributed by atoms with Crippen LogP contribution in [0.25, 0.3) is 0 Å². The molecule has 0 saturated heterocycles. The van der Waals surface area contributed by atoms with E-state index >= 15 is 0 Å². The minimum absolute atomic E-state index is 0.666. The molecule has 1 aliphatic rings. The van der Waals surface area contributed by atoms with Crippen molar-refractivity contribution in [1.82, 2.24) is 5.32 Å². The van der Waals surface area contributed by atoms with Crippen molar-refractivity contribution >= 4 is 15.9 Å². The first kappa shape index (κ1) is 14.9. The van der Waals surface area contributed by atoms with E-state index in [1.807, 2.05) is 6.07 Å². The number of hydrogen-bond acceptors (Lipinski definition) is 2. The predicted molar refractivity (Wildman–Crippen MR) is 83.5 cm³/mol. The molecule has 2 atom stereocenters. The van der Waals surface area contributed by atoms with Crippen molar-refractivity contribution < 1.29 is 4.74 Å². The number of rotatable bonds is 4. The van der Waals surface area contributed by atoms with Crippen molar-refractivity contribution in [3.05, 3.63) is 28.2 Å². The average molecular weight is 326 g/mol. The van der Waals surface area contributed by atoms with Crippen LogP contribution in [0.3, 0.4) is 0 Å². The molecule has 1 fully saturated rings. The van der Waals surface area contributed by atoms with Gasteiger partial charge in [0.1, 0.15) is 5.75 Å². The Labute approximate surface area is 125 Å². The predicted octanol–water partition coefficient (Wildman–Crippen LogP) is 4.37. The number of halogens is 1. The van der Waals surface area contributed by atoms with E-state index in [0.29, 0.717) is 6.04 Å². The number of benzene rings is 1. The van der Waals surface area contributed by atoms with E-state index < -0.39 is 0 Å². The Morgan fingerprint density at radius 1 is 1.21 bits per heavy atom. The Balaban J connectivity index is 1.89. The van der Waals surface area contributed by atoms with Gasteiger partial charge in [-0.25, -0.2) is 0 Å². The average Bonchev–Trinajstić information content (AvgIpc) is 2.35. The van der Waals surface area contributed by atoms with Gasteiger partial charge in [0.2, 0.25) is 0 Å². The maximum Gasteiger partial charge on any atom is 0.133 e. The van der Waals surface area contributed by atoms with Gasteiger partial charge in [-0.05, 0) is 64.7 Å². The maximum atomic E-state index is 5.26. The third kappa shape index (κ3) is 4.22. The van der Waals surface area contributed by atoms with E-state index in [1.165, 1.54) is 24.8 Å². The highest BCUT2D eigenvalue weighted by atomic mass is 79.9. The maximum absolute atomic E-state index is 5.26. The molecule has 19 heavy (non-hydrogen) atoms. The standard InChI is InChI=1S/C16H24BrNO/c1-11-6-12(2)8-14(7-11)18-10-13-4-5-16(19-3)15(17)9-13/h4-5,9,11-12,14,18H,6-8,10H2,1-3H3. The molecule has 0 bridgehead atoms. The van der Waals surface area contributed by atoms with Crippen LogP contribution in [0.4, 0.5) is 0 Å². The lowest BCUT2D eigenvalue weighted by Crippen LogP contribution is -2.35. The quantitative estimate of drug-likeness (QED) is 0.887. The van der Waals surface area contributed by atoms with Gasteiger partial charge in [0.25, 0.3) is 0 Å². The molecule has 1 aliphatic carbocycles. The van der Waals surface area contributed by atoms with Crippen LogP contribution < -0.4 is 10.1 Å². The highest BCUT2D eigenvalue weighted by Gasteiger charge is 2.23. The van der Waals surface area contributed by atoms with E-state index in [0.717, 1.165) is 28.6 Å². The fourth-order valence-electron chi connectivity index (χ4n) is 3.20. The van der Waals surface area contributed by atoms with Crippen LogP contribution >= 0.6 is 15.9 Å². The summed E-state index contributed by atoms with van der Waals surface area (Å²) in [6.07, 6.45) is 4.00. The van der Waals surface area contributed by atoms with Gasteiger partial charge in [0.05, 0.1) is 11.6 Å². The zero-order chi connectivity index (χ0) is 13.8. The molecule has 0 spiro atoms. The summed E-state index contributed by atoms with van der Waals surface area (Å²) in [6, 6.07) is 6.96. The highest BCUT2D eigenvalue weighted by molar-refractivity contribution is 9.10. The number of nitrogens with one attached hydrogen (secondary N) is 1. The minimum Gasteiger partial charge on any atom is -0.496 e. The molecular formula is C16H24BrNO. The van der Waals surface area contributed by atoms with Gasteiger partial charge >= 0.3 is 0 Å². The Bertz CT molecular complexity index is 411. The summed E-state index contributed by atoms with van der Waals surface area (Å²) in [5, 5.41) is 3.70. The van der Waals surface area contributed by atoms with Crippen molar-refractivity contribution in [1.29, 1.82) is 0 Å². The first-order chi connectivity index (χ1) is 9.08. The number of methoxy groups -OCH3 is 1. The van der Waals surface area contributed by atoms with Crippen molar-refractivity contribution in [3.8, 4) is 5.75 Å². The van der Waals surface area contributed by atoms with Gasteiger partial charge in [-0.1, -0.05) is 19.9 Å². The monoisotopic (exact) mass is 325 g/mol. The first-order valence-electron chi connectivity index (χ1n) is 7.14. The van der Waals surface area contributed by atoms with Crippen LogP contribution in [0.15, 0.2) is 22.7 Å². The number of hydrogen-bond donors (Lipinski definition) is 1. The van der Waals surface area contributed by atoms with Crippen molar-refractivity contribution in [2.24, 2.45) is 11.8 Å². The van der Waals surface area contributed by atoms with Crippen LogP contribution in [0, 0.1) is 11.8 Å². The molecule has 1 N–H and O–H groups in total. The fraction of sp³-hybridized carbons (Fsp3) is 0.625. The summed E-state index contributed by atoms with van der Waals surface area (Å²) in [6.45, 7) is 5.68. The van der Waals surface area contributed by atoms with Gasteiger partial charge in [-0.3, -0.25) is 0 Å². The third-order valence-electron chi connectivity index (χ3n) is 3.99. The van der Waals surface area contributed by atoms with E-state index in [4.69, 9.17) is 4.74 Å². The van der Waals surface area contributed by atoms with Crippen LogP contribution in [0.1, 0.15) is 38.7 Å². The first-order valence-corrected chi connectivity index (χ1v) is 7.93. The molecule has 0 aromatic heterocycles. The molecule has 1 saturated carbocycles. The topological polar surface area (TPSA) is 21.3 Å². The molecule has 2 rings (SSSR count). The smallest absolute Gasteiger partial charge is 0.133 e. The second-order valence-corrected chi connectivity index (χ2v) is 6.82. The van der Waals surface area contributed by atoms with Crippen molar-refractivity contribution in [2.75, 3.05) is 7.11 Å². The second kappa shape index (κ2) is 6.76. The zero-order valence-electron chi connectivity index (χ0n) is 12.1. The Kier molecular flexibility index (Phi) is 5.28. The van der Waals surface area contributed by atoms with Gasteiger partial charge in [-0.15, -0.1) is 0 Å². The molecule has 0 aliphatic heterocycles. The molecule has 106 valence electrons. The van der Waals surface area contributed by atoms with Crippen LogP contribution in [0.2, 0.25) is 0 Å². The van der Waals surface area contributed by atoms with Gasteiger partial charge < -0.3 is 10.1 Å². The summed E-state index contributed by atoms with van der Waals surface area (Å²) in [5.41, 5.74) is 1.30. The van der Waals surface area contributed by atoms with Crippen LogP contribution in [-0.2, 0) is 6.54 Å². The lowest BCUT2D eigenvalue weighted by Gasteiger charge is -2.32. The van der Waals surface area contributed by atoms with Gasteiger partial charge in [0.15, 0.2) is 0 Å². The molecule has 1 aromatic rings. The highest BCUT2D eigenvalue weighted by Crippen LogP contribution is 2.29. The fourth-order valence-corrected chi connectivity index (χ4v) is 3.78. The van der Waals surface area contributed by atoms with Crippen LogP contribution in [-0.4, -0.2) is 13.2 Å². The normalized spacial score (nSPS) is 27.3. The SMILES string of the molecule is COc1ccc(CNC2CC(C)CC(C)C2)cc1Br. The molecule has 0 amide bonds. The van der Waals surface area contributed by atoms with E-state index in [9.17, 15) is 0 Å². The van der Waals surface area contributed by atoms with Gasteiger partial charge in [0, 0.05) is 12.6 Å². The van der Waals surface area contributed by atoms with Crippen molar-refractivity contribution in [2.45, 2.75) is 45.7 Å². The lowest BCUT2D eigenvalue weighted by atomic mass is 9.80. The van der Waals surface area contributed by atoms with E-state index in [-0.39, 0.29) is 0 Å². The molecular weight excluding hydrogens is 302 g/mol. The third-order valence-corrected chi connectivity index (χ3v) is 4.61. The molecule has 0 heterocycles. The molecule has 2 nitrogen and oxygen atoms in total.